The molecule has 2 heterocycles. The molecule has 1 aliphatic rings. The molecule has 1 amide bonds. The molecule has 0 bridgehead atoms. The number of carbonyl (C=O) groups is 1. The summed E-state index contributed by atoms with van der Waals surface area (Å²) in [7, 11) is -7.76. The van der Waals surface area contributed by atoms with E-state index in [1.54, 1.807) is 6.07 Å². The average molecular weight is 405 g/mol. The van der Waals surface area contributed by atoms with Crippen molar-refractivity contribution in [1.29, 1.82) is 0 Å². The van der Waals surface area contributed by atoms with Crippen molar-refractivity contribution in [2.24, 2.45) is 5.14 Å². The van der Waals surface area contributed by atoms with Crippen molar-refractivity contribution >= 4 is 26.0 Å². The molecular weight excluding hydrogens is 394 g/mol. The van der Waals surface area contributed by atoms with Crippen LogP contribution in [0.25, 0.3) is 16.9 Å². The van der Waals surface area contributed by atoms with Gasteiger partial charge in [0, 0.05) is 5.56 Å². The van der Waals surface area contributed by atoms with Crippen molar-refractivity contribution in [3.8, 4) is 16.9 Å². The fourth-order valence-electron chi connectivity index (χ4n) is 2.65. The number of rotatable bonds is 3. The van der Waals surface area contributed by atoms with Crippen LogP contribution in [0.4, 0.5) is 0 Å². The van der Waals surface area contributed by atoms with E-state index < -0.39 is 26.0 Å². The van der Waals surface area contributed by atoms with Crippen LogP contribution < -0.4 is 9.86 Å². The molecule has 1 aromatic heterocycles. The van der Waals surface area contributed by atoms with Gasteiger partial charge in [-0.3, -0.25) is 4.79 Å². The van der Waals surface area contributed by atoms with E-state index in [0.717, 1.165) is 0 Å². The number of primary sulfonamides is 1. The maximum atomic E-state index is 12.0. The Balaban J connectivity index is 1.76. The molecule has 1 aliphatic heterocycles. The SMILES string of the molecule is NS(=O)(=O)c1cccc(-c2cn(-c3ccc4c(c3)S(=O)(=O)NC4=O)nn2)c1. The molecule has 27 heavy (non-hydrogen) atoms. The number of sulfonamides is 2. The highest BCUT2D eigenvalue weighted by molar-refractivity contribution is 7.90. The van der Waals surface area contributed by atoms with Crippen molar-refractivity contribution < 1.29 is 21.6 Å². The lowest BCUT2D eigenvalue weighted by atomic mass is 10.2. The molecule has 0 atom stereocenters. The van der Waals surface area contributed by atoms with E-state index in [1.165, 1.54) is 47.3 Å². The zero-order valence-electron chi connectivity index (χ0n) is 13.4. The first-order valence-corrected chi connectivity index (χ1v) is 10.5. The van der Waals surface area contributed by atoms with Crippen LogP contribution in [0.3, 0.4) is 0 Å². The normalized spacial score (nSPS) is 15.4. The smallest absolute Gasteiger partial charge is 0.266 e. The maximum absolute atomic E-state index is 12.0. The molecule has 3 N–H and O–H groups in total. The second-order valence-corrected chi connectivity index (χ2v) is 8.95. The van der Waals surface area contributed by atoms with Crippen LogP contribution in [0.2, 0.25) is 0 Å². The van der Waals surface area contributed by atoms with Crippen molar-refractivity contribution in [2.45, 2.75) is 9.79 Å². The number of nitrogens with one attached hydrogen (secondary N) is 1. The quantitative estimate of drug-likeness (QED) is 0.622. The van der Waals surface area contributed by atoms with Crippen molar-refractivity contribution in [1.82, 2.24) is 19.7 Å². The third-order valence-electron chi connectivity index (χ3n) is 3.94. The Bertz CT molecular complexity index is 1310. The Morgan fingerprint density at radius 3 is 2.63 bits per heavy atom. The number of fused-ring (bicyclic) bond motifs is 1. The highest BCUT2D eigenvalue weighted by Crippen LogP contribution is 2.26. The lowest BCUT2D eigenvalue weighted by molar-refractivity contribution is 0.0985. The molecule has 0 radical (unpaired) electrons. The van der Waals surface area contributed by atoms with E-state index in [1.807, 2.05) is 4.72 Å². The Morgan fingerprint density at radius 1 is 1.11 bits per heavy atom. The topological polar surface area (TPSA) is 154 Å². The Kier molecular flexibility index (Phi) is 3.66. The molecule has 3 aromatic rings. The van der Waals surface area contributed by atoms with Gasteiger partial charge in [0.25, 0.3) is 15.9 Å². The third-order valence-corrected chi connectivity index (χ3v) is 6.22. The average Bonchev–Trinajstić information content (AvgIpc) is 3.18. The first-order valence-electron chi connectivity index (χ1n) is 7.42. The van der Waals surface area contributed by atoms with E-state index in [2.05, 4.69) is 10.3 Å². The van der Waals surface area contributed by atoms with Gasteiger partial charge >= 0.3 is 0 Å². The van der Waals surface area contributed by atoms with Crippen LogP contribution in [-0.2, 0) is 20.0 Å². The summed E-state index contributed by atoms with van der Waals surface area (Å²) >= 11 is 0. The van der Waals surface area contributed by atoms with Crippen molar-refractivity contribution in [2.75, 3.05) is 0 Å². The highest BCUT2D eigenvalue weighted by atomic mass is 32.2. The van der Waals surface area contributed by atoms with Crippen LogP contribution in [0.15, 0.2) is 58.5 Å². The molecule has 0 unspecified atom stereocenters. The Labute approximate surface area is 153 Å². The molecule has 10 nitrogen and oxygen atoms in total. The predicted octanol–water partition coefficient (Wildman–Crippen LogP) is 0.0138. The van der Waals surface area contributed by atoms with E-state index in [-0.39, 0.29) is 15.4 Å². The molecule has 0 aliphatic carbocycles. The molecule has 138 valence electrons. The zero-order chi connectivity index (χ0) is 19.4. The van der Waals surface area contributed by atoms with Crippen molar-refractivity contribution in [3.63, 3.8) is 0 Å². The van der Waals surface area contributed by atoms with Crippen molar-refractivity contribution in [3.05, 3.63) is 54.2 Å². The molecular formula is C15H11N5O5S2. The Hall–Kier alpha value is -3.09. The van der Waals surface area contributed by atoms with Gasteiger partial charge in [-0.1, -0.05) is 17.3 Å². The van der Waals surface area contributed by atoms with E-state index in [9.17, 15) is 21.6 Å². The molecule has 4 rings (SSSR count). The lowest BCUT2D eigenvalue weighted by Gasteiger charge is -2.02. The predicted molar refractivity (Wildman–Crippen MR) is 92.8 cm³/mol. The minimum absolute atomic E-state index is 0.0555. The van der Waals surface area contributed by atoms with Gasteiger partial charge in [0.15, 0.2) is 0 Å². The van der Waals surface area contributed by atoms with Gasteiger partial charge in [0.05, 0.1) is 22.3 Å². The minimum atomic E-state index is -3.89. The number of hydrogen-bond donors (Lipinski definition) is 2. The summed E-state index contributed by atoms with van der Waals surface area (Å²) in [5.74, 6) is -0.685. The van der Waals surface area contributed by atoms with Crippen LogP contribution in [0.5, 0.6) is 0 Å². The highest BCUT2D eigenvalue weighted by Gasteiger charge is 2.32. The van der Waals surface area contributed by atoms with Gasteiger partial charge in [0.2, 0.25) is 10.0 Å². The largest absolute Gasteiger partial charge is 0.268 e. The fraction of sp³-hybridized carbons (Fsp3) is 0. The number of nitrogens with zero attached hydrogens (tertiary/aromatic N) is 3. The number of carbonyl (C=O) groups excluding carboxylic acids is 1. The second-order valence-electron chi connectivity index (χ2n) is 5.74. The van der Waals surface area contributed by atoms with E-state index in [4.69, 9.17) is 5.14 Å². The first-order chi connectivity index (χ1) is 12.6. The van der Waals surface area contributed by atoms with Gasteiger partial charge in [-0.05, 0) is 30.3 Å². The summed E-state index contributed by atoms with van der Waals surface area (Å²) < 4.78 is 50.1. The summed E-state index contributed by atoms with van der Waals surface area (Å²) in [5, 5.41) is 13.0. The second kappa shape index (κ2) is 5.70. The van der Waals surface area contributed by atoms with E-state index in [0.29, 0.717) is 16.9 Å². The van der Waals surface area contributed by atoms with Gasteiger partial charge in [-0.15, -0.1) is 5.10 Å². The lowest BCUT2D eigenvalue weighted by Crippen LogP contribution is -2.20. The molecule has 0 saturated carbocycles. The van der Waals surface area contributed by atoms with Crippen LogP contribution in [0.1, 0.15) is 10.4 Å². The summed E-state index contributed by atoms with van der Waals surface area (Å²) in [6.07, 6.45) is 1.50. The summed E-state index contributed by atoms with van der Waals surface area (Å²) in [4.78, 5) is 11.4. The van der Waals surface area contributed by atoms with Gasteiger partial charge in [-0.2, -0.15) is 0 Å². The number of hydrogen-bond acceptors (Lipinski definition) is 7. The number of amides is 1. The molecule has 12 heteroatoms. The number of benzene rings is 2. The summed E-state index contributed by atoms with van der Waals surface area (Å²) in [5.41, 5.74) is 1.26. The number of nitrogens with two attached hydrogens (primary N) is 1. The van der Waals surface area contributed by atoms with Gasteiger partial charge in [0.1, 0.15) is 10.6 Å². The van der Waals surface area contributed by atoms with E-state index >= 15 is 0 Å². The zero-order valence-corrected chi connectivity index (χ0v) is 15.0. The molecule has 0 fully saturated rings. The molecule has 0 spiro atoms. The van der Waals surface area contributed by atoms with Crippen LogP contribution >= 0.6 is 0 Å². The molecule has 0 saturated heterocycles. The monoisotopic (exact) mass is 405 g/mol. The first kappa shape index (κ1) is 17.3. The third kappa shape index (κ3) is 2.99. The minimum Gasteiger partial charge on any atom is -0.268 e. The summed E-state index contributed by atoms with van der Waals surface area (Å²) in [6, 6.07) is 10.1. The molecule has 2 aromatic carbocycles. The maximum Gasteiger partial charge on any atom is 0.266 e. The standard InChI is InChI=1S/C15H11N5O5S2/c16-26(22,23)11-3-1-2-9(6-11)13-8-20(19-17-13)10-4-5-12-14(7-10)27(24,25)18-15(12)21/h1-8H,(H,18,21)(H2,16,22,23). The fourth-order valence-corrected chi connectivity index (χ4v) is 4.40. The van der Waals surface area contributed by atoms with Gasteiger partial charge < -0.3 is 0 Å². The number of aromatic nitrogens is 3. The van der Waals surface area contributed by atoms with Crippen LogP contribution in [-0.4, -0.2) is 37.7 Å². The van der Waals surface area contributed by atoms with Gasteiger partial charge in [-0.25, -0.2) is 31.4 Å². The summed E-state index contributed by atoms with van der Waals surface area (Å²) in [6.45, 7) is 0. The van der Waals surface area contributed by atoms with Crippen LogP contribution in [0, 0.1) is 0 Å². The Morgan fingerprint density at radius 2 is 1.89 bits per heavy atom.